The van der Waals surface area contributed by atoms with E-state index in [4.69, 9.17) is 0 Å². The standard InChI is InChI=1S/C24H32/c1-5-11-19(7-3)21-13-9-15-23(17-21)24-16-10-14-22(18-24)20(8-4)12-6-2/h9-10,13-14,17-20H,5-8,11-12H2,1-4H3. The van der Waals surface area contributed by atoms with Gasteiger partial charge in [0.2, 0.25) is 0 Å². The van der Waals surface area contributed by atoms with Crippen molar-refractivity contribution in [2.75, 3.05) is 0 Å². The second kappa shape index (κ2) is 9.67. The van der Waals surface area contributed by atoms with Crippen LogP contribution in [0.3, 0.4) is 0 Å². The van der Waals surface area contributed by atoms with E-state index in [-0.39, 0.29) is 0 Å². The Balaban J connectivity index is 2.31. The average molecular weight is 321 g/mol. The molecule has 2 atom stereocenters. The summed E-state index contributed by atoms with van der Waals surface area (Å²) in [5.41, 5.74) is 5.28. The van der Waals surface area contributed by atoms with E-state index in [1.807, 2.05) is 0 Å². The summed E-state index contributed by atoms with van der Waals surface area (Å²) in [5, 5.41) is 0. The summed E-state index contributed by atoms with van der Waals surface area (Å²) in [6.07, 6.45) is 7.41. The Hall–Kier alpha value is -1.56. The fourth-order valence-corrected chi connectivity index (χ4v) is 3.70. The fourth-order valence-electron chi connectivity index (χ4n) is 3.70. The van der Waals surface area contributed by atoms with E-state index in [1.54, 1.807) is 0 Å². The van der Waals surface area contributed by atoms with Crippen LogP contribution in [0.2, 0.25) is 0 Å². The molecule has 24 heavy (non-hydrogen) atoms. The summed E-state index contributed by atoms with van der Waals surface area (Å²) >= 11 is 0. The molecule has 0 aliphatic heterocycles. The Labute approximate surface area is 149 Å². The van der Waals surface area contributed by atoms with Crippen molar-refractivity contribution in [2.24, 2.45) is 0 Å². The summed E-state index contributed by atoms with van der Waals surface area (Å²) in [4.78, 5) is 0. The first-order valence-electron chi connectivity index (χ1n) is 9.76. The molecule has 2 radical (unpaired) electrons. The second-order valence-electron chi connectivity index (χ2n) is 6.86. The normalized spacial score (nSPS) is 13.7. The zero-order valence-electron chi connectivity index (χ0n) is 15.9. The van der Waals surface area contributed by atoms with Gasteiger partial charge in [0.05, 0.1) is 0 Å². The summed E-state index contributed by atoms with van der Waals surface area (Å²) in [6.45, 7) is 9.13. The highest BCUT2D eigenvalue weighted by atomic mass is 14.2. The van der Waals surface area contributed by atoms with Gasteiger partial charge in [-0.25, -0.2) is 0 Å². The third kappa shape index (κ3) is 4.72. The van der Waals surface area contributed by atoms with Crippen molar-refractivity contribution in [2.45, 2.75) is 78.1 Å². The zero-order chi connectivity index (χ0) is 17.4. The molecule has 0 saturated carbocycles. The minimum absolute atomic E-state index is 0.662. The van der Waals surface area contributed by atoms with Crippen LogP contribution < -0.4 is 0 Å². The second-order valence-corrected chi connectivity index (χ2v) is 6.86. The molecule has 0 aromatic heterocycles. The Bertz CT molecular complexity index is 555. The first kappa shape index (κ1) is 18.8. The van der Waals surface area contributed by atoms with Crippen LogP contribution in [-0.4, -0.2) is 0 Å². The van der Waals surface area contributed by atoms with Crippen molar-refractivity contribution in [3.8, 4) is 11.1 Å². The van der Waals surface area contributed by atoms with Gasteiger partial charge in [-0.15, -0.1) is 0 Å². The maximum atomic E-state index is 3.43. The van der Waals surface area contributed by atoms with Crippen LogP contribution in [0.1, 0.15) is 89.2 Å². The third-order valence-electron chi connectivity index (χ3n) is 5.14. The molecule has 0 aliphatic rings. The lowest BCUT2D eigenvalue weighted by Gasteiger charge is -2.17. The van der Waals surface area contributed by atoms with Crippen LogP contribution in [0.25, 0.3) is 11.1 Å². The molecule has 0 bridgehead atoms. The van der Waals surface area contributed by atoms with Crippen molar-refractivity contribution in [1.29, 1.82) is 0 Å². The summed E-state index contributed by atoms with van der Waals surface area (Å²) in [7, 11) is 0. The molecule has 2 rings (SSSR count). The quantitative estimate of drug-likeness (QED) is 0.447. The van der Waals surface area contributed by atoms with Crippen LogP contribution in [0, 0.1) is 12.1 Å². The van der Waals surface area contributed by atoms with Crippen LogP contribution in [-0.2, 0) is 0 Å². The van der Waals surface area contributed by atoms with Crippen LogP contribution in [0.4, 0.5) is 0 Å². The largest absolute Gasteiger partial charge is 0.0654 e. The lowest BCUT2D eigenvalue weighted by Crippen LogP contribution is -1.98. The fraction of sp³-hybridized carbons (Fsp3) is 0.500. The third-order valence-corrected chi connectivity index (χ3v) is 5.14. The van der Waals surface area contributed by atoms with E-state index in [2.05, 4.69) is 76.2 Å². The SMILES string of the molecule is CCCC(CC)c1cc[c]c(-c2[c]ccc(C(CC)CCC)c2)c1. The summed E-state index contributed by atoms with van der Waals surface area (Å²) < 4.78 is 0. The molecule has 0 heteroatoms. The van der Waals surface area contributed by atoms with Gasteiger partial charge >= 0.3 is 0 Å². The van der Waals surface area contributed by atoms with Gasteiger partial charge in [-0.2, -0.15) is 0 Å². The molecule has 2 aromatic rings. The minimum atomic E-state index is 0.662. The highest BCUT2D eigenvalue weighted by Gasteiger charge is 2.12. The molecule has 0 fully saturated rings. The van der Waals surface area contributed by atoms with Gasteiger partial charge in [-0.1, -0.05) is 76.9 Å². The first-order valence-corrected chi connectivity index (χ1v) is 9.76. The predicted octanol–water partition coefficient (Wildman–Crippen LogP) is 7.54. The van der Waals surface area contributed by atoms with Gasteiger partial charge in [0, 0.05) is 0 Å². The lowest BCUT2D eigenvalue weighted by molar-refractivity contribution is 0.595. The number of benzene rings is 2. The molecule has 128 valence electrons. The molecular weight excluding hydrogens is 288 g/mol. The molecule has 0 aliphatic carbocycles. The smallest absolute Gasteiger partial charge is 0.00960 e. The number of rotatable bonds is 9. The van der Waals surface area contributed by atoms with Crippen molar-refractivity contribution < 1.29 is 0 Å². The Morgan fingerprint density at radius 2 is 1.12 bits per heavy atom. The molecule has 2 unspecified atom stereocenters. The topological polar surface area (TPSA) is 0 Å². The van der Waals surface area contributed by atoms with E-state index in [9.17, 15) is 0 Å². The van der Waals surface area contributed by atoms with E-state index in [0.29, 0.717) is 11.8 Å². The van der Waals surface area contributed by atoms with Crippen molar-refractivity contribution in [1.82, 2.24) is 0 Å². The van der Waals surface area contributed by atoms with Gasteiger partial charge in [0.15, 0.2) is 0 Å². The van der Waals surface area contributed by atoms with Crippen LogP contribution in [0.5, 0.6) is 0 Å². The maximum absolute atomic E-state index is 3.43. The Morgan fingerprint density at radius 3 is 1.46 bits per heavy atom. The Kier molecular flexibility index (Phi) is 7.56. The summed E-state index contributed by atoms with van der Waals surface area (Å²) in [5.74, 6) is 1.32. The molecule has 0 heterocycles. The molecule has 0 saturated heterocycles. The maximum Gasteiger partial charge on any atom is -0.00960 e. The molecular formula is C24H32. The zero-order valence-corrected chi connectivity index (χ0v) is 15.9. The number of hydrogen-bond donors (Lipinski definition) is 0. The van der Waals surface area contributed by atoms with E-state index >= 15 is 0 Å². The van der Waals surface area contributed by atoms with Crippen molar-refractivity contribution in [3.63, 3.8) is 0 Å². The predicted molar refractivity (Wildman–Crippen MR) is 105 cm³/mol. The molecule has 2 aromatic carbocycles. The number of hydrogen-bond acceptors (Lipinski definition) is 0. The Morgan fingerprint density at radius 1 is 0.708 bits per heavy atom. The average Bonchev–Trinajstić information content (AvgIpc) is 2.64. The van der Waals surface area contributed by atoms with Gasteiger partial charge < -0.3 is 0 Å². The molecule has 0 nitrogen and oxygen atoms in total. The highest BCUT2D eigenvalue weighted by Crippen LogP contribution is 2.31. The minimum Gasteiger partial charge on any atom is -0.0654 e. The lowest BCUT2D eigenvalue weighted by atomic mass is 9.88. The van der Waals surface area contributed by atoms with E-state index in [1.165, 1.54) is 60.8 Å². The molecule has 0 amide bonds. The molecule has 0 spiro atoms. The molecule has 0 N–H and O–H groups in total. The van der Waals surface area contributed by atoms with Crippen LogP contribution in [0.15, 0.2) is 36.4 Å². The van der Waals surface area contributed by atoms with E-state index in [0.717, 1.165) is 0 Å². The van der Waals surface area contributed by atoms with Crippen molar-refractivity contribution >= 4 is 0 Å². The van der Waals surface area contributed by atoms with Gasteiger partial charge in [0.1, 0.15) is 0 Å². The summed E-state index contributed by atoms with van der Waals surface area (Å²) in [6, 6.07) is 20.2. The van der Waals surface area contributed by atoms with Gasteiger partial charge in [0.25, 0.3) is 0 Å². The van der Waals surface area contributed by atoms with Gasteiger partial charge in [-0.3, -0.25) is 0 Å². The van der Waals surface area contributed by atoms with Gasteiger partial charge in [-0.05, 0) is 71.9 Å². The van der Waals surface area contributed by atoms with E-state index < -0.39 is 0 Å². The first-order chi connectivity index (χ1) is 11.7. The highest BCUT2D eigenvalue weighted by molar-refractivity contribution is 5.64. The van der Waals surface area contributed by atoms with Crippen molar-refractivity contribution in [3.05, 3.63) is 59.7 Å². The monoisotopic (exact) mass is 320 g/mol. The van der Waals surface area contributed by atoms with Crippen LogP contribution >= 0.6 is 0 Å².